The fraction of sp³-hybridized carbons (Fsp3) is 0. The Bertz CT molecular complexity index is 451. The lowest BCUT2D eigenvalue weighted by atomic mass is 10.1. The minimum absolute atomic E-state index is 0.153. The van der Waals surface area contributed by atoms with Crippen molar-refractivity contribution in [3.63, 3.8) is 0 Å². The van der Waals surface area contributed by atoms with E-state index < -0.39 is 5.82 Å². The lowest BCUT2D eigenvalue weighted by molar-refractivity contribution is 0.112. The van der Waals surface area contributed by atoms with E-state index in [9.17, 15) is 9.18 Å². The number of carbonyl (C=O) groups excluding carboxylic acids is 1. The van der Waals surface area contributed by atoms with E-state index in [1.54, 1.807) is 0 Å². The normalized spacial score (nSPS) is 10.1. The predicted octanol–water partition coefficient (Wildman–Crippen LogP) is 2.29. The molecule has 0 spiro atoms. The van der Waals surface area contributed by atoms with Gasteiger partial charge in [-0.15, -0.1) is 0 Å². The van der Waals surface area contributed by atoms with Gasteiger partial charge < -0.3 is 4.52 Å². The molecule has 4 heteroatoms. The van der Waals surface area contributed by atoms with Gasteiger partial charge in [0, 0.05) is 11.6 Å². The van der Waals surface area contributed by atoms with E-state index in [2.05, 4.69) is 5.16 Å². The highest BCUT2D eigenvalue weighted by Crippen LogP contribution is 2.25. The van der Waals surface area contributed by atoms with Gasteiger partial charge in [0.25, 0.3) is 0 Å². The van der Waals surface area contributed by atoms with Crippen molar-refractivity contribution in [2.45, 2.75) is 0 Å². The highest BCUT2D eigenvalue weighted by atomic mass is 19.1. The minimum Gasteiger partial charge on any atom is -0.356 e. The summed E-state index contributed by atoms with van der Waals surface area (Å²) >= 11 is 0. The minimum atomic E-state index is -0.494. The fourth-order valence-corrected chi connectivity index (χ4v) is 1.24. The van der Waals surface area contributed by atoms with Gasteiger partial charge in [-0.2, -0.15) is 0 Å². The molecule has 70 valence electrons. The monoisotopic (exact) mass is 191 g/mol. The molecule has 2 aromatic rings. The molecule has 1 heterocycles. The van der Waals surface area contributed by atoms with Gasteiger partial charge in [-0.25, -0.2) is 4.39 Å². The molecule has 1 aromatic heterocycles. The molecule has 0 fully saturated rings. The Balaban J connectivity index is 2.67. The van der Waals surface area contributed by atoms with Gasteiger partial charge in [0.15, 0.2) is 12.0 Å². The van der Waals surface area contributed by atoms with Crippen LogP contribution >= 0.6 is 0 Å². The Morgan fingerprint density at radius 1 is 1.36 bits per heavy atom. The van der Waals surface area contributed by atoms with Crippen LogP contribution < -0.4 is 0 Å². The van der Waals surface area contributed by atoms with Gasteiger partial charge in [-0.1, -0.05) is 17.3 Å². The first kappa shape index (κ1) is 8.62. The smallest absolute Gasteiger partial charge is 0.170 e. The van der Waals surface area contributed by atoms with Gasteiger partial charge in [-0.3, -0.25) is 4.79 Å². The molecular weight excluding hydrogens is 185 g/mol. The first-order chi connectivity index (χ1) is 6.83. The zero-order valence-corrected chi connectivity index (χ0v) is 7.11. The number of rotatable bonds is 2. The quantitative estimate of drug-likeness (QED) is 0.684. The zero-order valence-electron chi connectivity index (χ0n) is 7.11. The molecule has 0 aliphatic heterocycles. The van der Waals surface area contributed by atoms with Crippen molar-refractivity contribution in [1.82, 2.24) is 5.16 Å². The topological polar surface area (TPSA) is 43.1 Å². The molecule has 3 nitrogen and oxygen atoms in total. The van der Waals surface area contributed by atoms with Crippen LogP contribution in [0.5, 0.6) is 0 Å². The number of carbonyl (C=O) groups is 1. The van der Waals surface area contributed by atoms with Crippen LogP contribution in [0.1, 0.15) is 10.4 Å². The molecule has 0 bridgehead atoms. The van der Waals surface area contributed by atoms with Crippen molar-refractivity contribution in [1.29, 1.82) is 0 Å². The van der Waals surface area contributed by atoms with E-state index in [0.29, 0.717) is 6.29 Å². The number of aromatic nitrogens is 1. The summed E-state index contributed by atoms with van der Waals surface area (Å²) in [6.07, 6.45) is 1.98. The number of aldehydes is 1. The highest BCUT2D eigenvalue weighted by molar-refractivity contribution is 5.86. The molecule has 0 amide bonds. The third kappa shape index (κ3) is 1.31. The number of hydrogen-bond acceptors (Lipinski definition) is 3. The molecule has 1 aromatic carbocycles. The van der Waals surface area contributed by atoms with Crippen LogP contribution in [0.2, 0.25) is 0 Å². The van der Waals surface area contributed by atoms with Crippen molar-refractivity contribution in [3.8, 4) is 11.3 Å². The van der Waals surface area contributed by atoms with Crippen molar-refractivity contribution < 1.29 is 13.7 Å². The average Bonchev–Trinajstić information content (AvgIpc) is 2.70. The van der Waals surface area contributed by atoms with Crippen LogP contribution in [0.15, 0.2) is 35.0 Å². The van der Waals surface area contributed by atoms with Crippen LogP contribution in [0, 0.1) is 5.82 Å². The second kappa shape index (κ2) is 3.41. The Morgan fingerprint density at radius 3 is 2.86 bits per heavy atom. The van der Waals surface area contributed by atoms with Crippen LogP contribution in [0.25, 0.3) is 11.3 Å². The van der Waals surface area contributed by atoms with Gasteiger partial charge in [0.2, 0.25) is 0 Å². The summed E-state index contributed by atoms with van der Waals surface area (Å²) in [6.45, 7) is 0. The van der Waals surface area contributed by atoms with Gasteiger partial charge in [0.05, 0.1) is 11.8 Å². The summed E-state index contributed by atoms with van der Waals surface area (Å²) in [5.74, 6) is -0.239. The molecule has 14 heavy (non-hydrogen) atoms. The predicted molar refractivity (Wildman–Crippen MR) is 47.3 cm³/mol. The molecule has 2 rings (SSSR count). The Hall–Kier alpha value is -1.97. The third-order valence-electron chi connectivity index (χ3n) is 1.86. The molecule has 0 saturated carbocycles. The zero-order chi connectivity index (χ0) is 9.97. The molecular formula is C10H6FNO2. The maximum absolute atomic E-state index is 13.4. The van der Waals surface area contributed by atoms with Crippen molar-refractivity contribution >= 4 is 6.29 Å². The molecule has 0 aliphatic rings. The summed E-state index contributed by atoms with van der Waals surface area (Å²) in [5.41, 5.74) is 0.404. The summed E-state index contributed by atoms with van der Waals surface area (Å²) in [6, 6.07) is 5.77. The summed E-state index contributed by atoms with van der Waals surface area (Å²) in [5, 5.41) is 3.46. The number of benzene rings is 1. The van der Waals surface area contributed by atoms with Gasteiger partial charge >= 0.3 is 0 Å². The lowest BCUT2D eigenvalue weighted by Gasteiger charge is -2.00. The molecule has 0 N–H and O–H groups in total. The second-order valence-electron chi connectivity index (χ2n) is 2.70. The lowest BCUT2D eigenvalue weighted by Crippen LogP contribution is -1.90. The molecule has 0 radical (unpaired) electrons. The summed E-state index contributed by atoms with van der Waals surface area (Å²) < 4.78 is 18.1. The van der Waals surface area contributed by atoms with Gasteiger partial charge in [0.1, 0.15) is 5.82 Å². The van der Waals surface area contributed by atoms with Crippen LogP contribution in [0.4, 0.5) is 4.39 Å². The Morgan fingerprint density at radius 2 is 2.21 bits per heavy atom. The van der Waals surface area contributed by atoms with Crippen molar-refractivity contribution in [3.05, 3.63) is 41.8 Å². The van der Waals surface area contributed by atoms with Crippen molar-refractivity contribution in [2.24, 2.45) is 0 Å². The van der Waals surface area contributed by atoms with E-state index >= 15 is 0 Å². The second-order valence-corrected chi connectivity index (χ2v) is 2.70. The maximum Gasteiger partial charge on any atom is 0.170 e. The SMILES string of the molecule is O=Cc1cccc(F)c1-c1ccno1. The van der Waals surface area contributed by atoms with Crippen LogP contribution in [-0.4, -0.2) is 11.4 Å². The van der Waals surface area contributed by atoms with Crippen LogP contribution in [-0.2, 0) is 0 Å². The Labute approximate surface area is 79.1 Å². The largest absolute Gasteiger partial charge is 0.356 e. The Kier molecular flexibility index (Phi) is 2.10. The fourth-order valence-electron chi connectivity index (χ4n) is 1.24. The van der Waals surface area contributed by atoms with Gasteiger partial charge in [-0.05, 0) is 6.07 Å². The average molecular weight is 191 g/mol. The maximum atomic E-state index is 13.4. The molecule has 0 unspecified atom stereocenters. The number of halogens is 1. The third-order valence-corrected chi connectivity index (χ3v) is 1.86. The van der Waals surface area contributed by atoms with E-state index in [-0.39, 0.29) is 16.9 Å². The first-order valence-electron chi connectivity index (χ1n) is 3.97. The van der Waals surface area contributed by atoms with E-state index in [0.717, 1.165) is 0 Å². The molecule has 0 atom stereocenters. The first-order valence-corrected chi connectivity index (χ1v) is 3.97. The summed E-state index contributed by atoms with van der Waals surface area (Å²) in [7, 11) is 0. The molecule has 0 saturated heterocycles. The molecule has 0 aliphatic carbocycles. The van der Waals surface area contributed by atoms with Crippen LogP contribution in [0.3, 0.4) is 0 Å². The van der Waals surface area contributed by atoms with Crippen molar-refractivity contribution in [2.75, 3.05) is 0 Å². The van der Waals surface area contributed by atoms with E-state index in [1.807, 2.05) is 0 Å². The highest BCUT2D eigenvalue weighted by Gasteiger charge is 2.12. The van der Waals surface area contributed by atoms with E-state index in [4.69, 9.17) is 4.52 Å². The number of hydrogen-bond donors (Lipinski definition) is 0. The summed E-state index contributed by atoms with van der Waals surface area (Å²) in [4.78, 5) is 10.6. The number of nitrogens with zero attached hydrogens (tertiary/aromatic N) is 1. The standard InChI is InChI=1S/C10H6FNO2/c11-8-3-1-2-7(6-13)10(8)9-4-5-12-14-9/h1-6H. The van der Waals surface area contributed by atoms with E-state index in [1.165, 1.54) is 30.5 Å².